The van der Waals surface area contributed by atoms with Crippen molar-refractivity contribution in [1.82, 2.24) is 19.5 Å². The number of halogens is 4. The Kier molecular flexibility index (Phi) is 3.84. The largest absolute Gasteiger partial charge is 0.382 e. The maximum atomic E-state index is 12.8. The molecule has 0 radical (unpaired) electrons. The summed E-state index contributed by atoms with van der Waals surface area (Å²) in [5, 5.41) is 0.914. The quantitative estimate of drug-likeness (QED) is 0.787. The minimum absolute atomic E-state index is 0.0379. The molecule has 2 heterocycles. The van der Waals surface area contributed by atoms with Crippen molar-refractivity contribution in [3.63, 3.8) is 0 Å². The van der Waals surface area contributed by atoms with E-state index in [0.717, 1.165) is 0 Å². The molecule has 1 aromatic rings. The lowest BCUT2D eigenvalue weighted by molar-refractivity contribution is 0.141. The molecule has 1 aromatic carbocycles. The van der Waals surface area contributed by atoms with E-state index in [1.165, 1.54) is 10.9 Å². The van der Waals surface area contributed by atoms with Gasteiger partial charge in [0.25, 0.3) is 6.43 Å². The summed E-state index contributed by atoms with van der Waals surface area (Å²) in [7, 11) is 0. The average molecular weight is 344 g/mol. The predicted molar refractivity (Wildman–Crippen MR) is 79.4 cm³/mol. The maximum Gasteiger partial charge on any atom is 0.297 e. The van der Waals surface area contributed by atoms with Gasteiger partial charge in [-0.3, -0.25) is 0 Å². The van der Waals surface area contributed by atoms with E-state index in [1.807, 2.05) is 0 Å². The lowest BCUT2D eigenvalue weighted by atomic mass is 10.2. The molecule has 0 unspecified atom stereocenters. The predicted octanol–water partition coefficient (Wildman–Crippen LogP) is 3.65. The first-order valence-corrected chi connectivity index (χ1v) is 6.92. The lowest BCUT2D eigenvalue weighted by Gasteiger charge is -2.13. The fourth-order valence-electron chi connectivity index (χ4n) is 2.04. The summed E-state index contributed by atoms with van der Waals surface area (Å²) in [4.78, 5) is 11.5. The van der Waals surface area contributed by atoms with Gasteiger partial charge in [0.15, 0.2) is 23.2 Å². The van der Waals surface area contributed by atoms with Gasteiger partial charge in [0.2, 0.25) is 0 Å². The summed E-state index contributed by atoms with van der Waals surface area (Å²) in [5.41, 5.74) is 6.42. The van der Waals surface area contributed by atoms with Crippen molar-refractivity contribution < 1.29 is 8.78 Å². The summed E-state index contributed by atoms with van der Waals surface area (Å²) in [6.45, 7) is 0.212. The number of rotatable bonds is 3. The molecule has 0 aromatic heterocycles. The zero-order valence-electron chi connectivity index (χ0n) is 11.0. The van der Waals surface area contributed by atoms with E-state index >= 15 is 0 Å². The van der Waals surface area contributed by atoms with Crippen LogP contribution in [-0.4, -0.2) is 19.5 Å². The van der Waals surface area contributed by atoms with Gasteiger partial charge in [-0.05, 0) is 12.1 Å². The average Bonchev–Trinajstić information content (AvgIpc) is 2.92. The molecule has 0 atom stereocenters. The third kappa shape index (κ3) is 2.57. The molecule has 0 aliphatic carbocycles. The lowest BCUT2D eigenvalue weighted by Crippen LogP contribution is -2.09. The van der Waals surface area contributed by atoms with Gasteiger partial charge in [0.1, 0.15) is 0 Å². The summed E-state index contributed by atoms with van der Waals surface area (Å²) in [6, 6.07) is 5.09. The van der Waals surface area contributed by atoms with E-state index in [0.29, 0.717) is 15.6 Å². The van der Waals surface area contributed by atoms with Crippen LogP contribution in [0.25, 0.3) is 11.5 Å². The highest BCUT2D eigenvalue weighted by molar-refractivity contribution is 6.35. The molecule has 0 spiro atoms. The Bertz CT molecular complexity index is 785. The Morgan fingerprint density at radius 2 is 1.86 bits per heavy atom. The summed E-state index contributed by atoms with van der Waals surface area (Å²) in [6.07, 6.45) is -1.40. The zero-order chi connectivity index (χ0) is 15.9. The van der Waals surface area contributed by atoms with Crippen molar-refractivity contribution in [1.29, 1.82) is 0 Å². The summed E-state index contributed by atoms with van der Waals surface area (Å²) >= 11 is 12.2. The highest BCUT2D eigenvalue weighted by atomic mass is 35.5. The van der Waals surface area contributed by atoms with E-state index in [1.54, 1.807) is 18.2 Å². The van der Waals surface area contributed by atoms with Gasteiger partial charge < -0.3 is 10.3 Å². The molecule has 0 bridgehead atoms. The number of anilines is 1. The van der Waals surface area contributed by atoms with Gasteiger partial charge >= 0.3 is 0 Å². The number of nitrogens with two attached hydrogens (primary N) is 1. The minimum atomic E-state index is -2.79. The van der Waals surface area contributed by atoms with Gasteiger partial charge in [0.05, 0.1) is 12.9 Å². The van der Waals surface area contributed by atoms with Crippen LogP contribution in [0, 0.1) is 0 Å². The number of nitrogen functional groups attached to an aromatic ring is 1. The van der Waals surface area contributed by atoms with Crippen LogP contribution in [0.3, 0.4) is 0 Å². The topological polar surface area (TPSA) is 69.6 Å². The molecule has 114 valence electrons. The van der Waals surface area contributed by atoms with Crippen molar-refractivity contribution in [3.8, 4) is 11.5 Å². The number of hydrogen-bond acceptors (Lipinski definition) is 4. The smallest absolute Gasteiger partial charge is 0.297 e. The highest BCUT2D eigenvalue weighted by Crippen LogP contribution is 2.30. The van der Waals surface area contributed by atoms with Crippen LogP contribution < -0.4 is 5.73 Å². The molecule has 3 rings (SSSR count). The Morgan fingerprint density at radius 3 is 2.50 bits per heavy atom. The first-order valence-electron chi connectivity index (χ1n) is 6.16. The van der Waals surface area contributed by atoms with E-state index in [2.05, 4.69) is 15.0 Å². The Labute approximate surface area is 134 Å². The van der Waals surface area contributed by atoms with E-state index < -0.39 is 12.2 Å². The van der Waals surface area contributed by atoms with Crippen LogP contribution in [0.15, 0.2) is 24.5 Å². The van der Waals surface area contributed by atoms with Crippen LogP contribution >= 0.6 is 23.2 Å². The first-order chi connectivity index (χ1) is 10.5. The second-order valence-electron chi connectivity index (χ2n) is 4.51. The fourth-order valence-corrected chi connectivity index (χ4v) is 2.55. The molecule has 2 N–H and O–H groups in total. The third-order valence-electron chi connectivity index (χ3n) is 3.09. The molecule has 5 nitrogen and oxygen atoms in total. The Morgan fingerprint density at radius 1 is 1.18 bits per heavy atom. The summed E-state index contributed by atoms with van der Waals surface area (Å²) < 4.78 is 27.1. The number of alkyl halides is 2. The van der Waals surface area contributed by atoms with Crippen molar-refractivity contribution >= 4 is 29.0 Å². The van der Waals surface area contributed by atoms with Gasteiger partial charge in [-0.2, -0.15) is 0 Å². The normalized spacial score (nSPS) is 11.5. The summed E-state index contributed by atoms with van der Waals surface area (Å²) in [5.74, 6) is -0.344. The number of fused-ring (bicyclic) bond motifs is 1. The van der Waals surface area contributed by atoms with Crippen LogP contribution in [0.4, 0.5) is 14.6 Å². The second-order valence-corrected chi connectivity index (χ2v) is 5.33. The SMILES string of the molecule is Nc1ncn(Cc2c(Cl)cccc2Cl)c2nc(C(F)F)nc1-2. The third-order valence-corrected chi connectivity index (χ3v) is 3.80. The first kappa shape index (κ1) is 14.9. The molecular weight excluding hydrogens is 335 g/mol. The molecule has 2 aliphatic heterocycles. The van der Waals surface area contributed by atoms with E-state index in [9.17, 15) is 8.78 Å². The van der Waals surface area contributed by atoms with Crippen LogP contribution in [0.5, 0.6) is 0 Å². The molecule has 0 saturated carbocycles. The van der Waals surface area contributed by atoms with Crippen molar-refractivity contribution in [3.05, 3.63) is 46.0 Å². The number of nitrogens with zero attached hydrogens (tertiary/aromatic N) is 4. The van der Waals surface area contributed by atoms with E-state index in [-0.39, 0.29) is 23.9 Å². The molecule has 0 fully saturated rings. The van der Waals surface area contributed by atoms with Crippen LogP contribution in [0.2, 0.25) is 10.0 Å². The maximum absolute atomic E-state index is 12.8. The minimum Gasteiger partial charge on any atom is -0.382 e. The monoisotopic (exact) mass is 343 g/mol. The molecular formula is C13H9Cl2F2N5. The van der Waals surface area contributed by atoms with Crippen molar-refractivity contribution in [2.45, 2.75) is 13.0 Å². The van der Waals surface area contributed by atoms with Crippen molar-refractivity contribution in [2.24, 2.45) is 0 Å². The molecule has 9 heteroatoms. The second kappa shape index (κ2) is 5.66. The highest BCUT2D eigenvalue weighted by Gasteiger charge is 2.23. The van der Waals surface area contributed by atoms with Gasteiger partial charge in [-0.25, -0.2) is 23.7 Å². The Hall–Kier alpha value is -1.99. The molecule has 2 aliphatic rings. The zero-order valence-corrected chi connectivity index (χ0v) is 12.5. The molecule has 0 saturated heterocycles. The number of benzene rings is 1. The van der Waals surface area contributed by atoms with Gasteiger partial charge in [-0.1, -0.05) is 29.3 Å². The number of hydrogen-bond donors (Lipinski definition) is 1. The standard InChI is InChI=1S/C13H9Cl2F2N5/c14-7-2-1-3-8(15)6(7)4-22-5-19-11(18)9-13(22)21-12(20-9)10(16)17/h1-3,5,10H,4,18H2. The van der Waals surface area contributed by atoms with Gasteiger partial charge in [0, 0.05) is 15.6 Å². The van der Waals surface area contributed by atoms with E-state index in [4.69, 9.17) is 28.9 Å². The van der Waals surface area contributed by atoms with Crippen LogP contribution in [-0.2, 0) is 6.54 Å². The molecule has 22 heavy (non-hydrogen) atoms. The number of aromatic nitrogens is 4. The van der Waals surface area contributed by atoms with Gasteiger partial charge in [-0.15, -0.1) is 0 Å². The van der Waals surface area contributed by atoms with Crippen LogP contribution in [0.1, 0.15) is 17.8 Å². The van der Waals surface area contributed by atoms with Crippen molar-refractivity contribution in [2.75, 3.05) is 5.73 Å². The fraction of sp³-hybridized carbons (Fsp3) is 0.154. The number of imidazole rings is 1. The molecule has 0 amide bonds. The Balaban J connectivity index is 2.10.